The average Bonchev–Trinajstić information content (AvgIpc) is 3.14. The summed E-state index contributed by atoms with van der Waals surface area (Å²) in [6, 6.07) is 0.370. The largest absolute Gasteiger partial charge is 0.444 e. The minimum atomic E-state index is -0.442. The second-order valence-corrected chi connectivity index (χ2v) is 9.94. The van der Waals surface area contributed by atoms with Gasteiger partial charge in [-0.2, -0.15) is 5.10 Å². The van der Waals surface area contributed by atoms with Crippen LogP contribution in [0.15, 0.2) is 6.20 Å². The third-order valence-electron chi connectivity index (χ3n) is 6.37. The van der Waals surface area contributed by atoms with Crippen molar-refractivity contribution in [2.75, 3.05) is 13.1 Å². The van der Waals surface area contributed by atoms with Crippen molar-refractivity contribution in [2.24, 2.45) is 0 Å². The number of rotatable bonds is 9. The molecule has 30 heavy (non-hydrogen) atoms. The highest BCUT2D eigenvalue weighted by molar-refractivity contribution is 5.68. The lowest BCUT2D eigenvalue weighted by atomic mass is 9.86. The van der Waals surface area contributed by atoms with Gasteiger partial charge in [0.2, 0.25) is 0 Å². The fourth-order valence-corrected chi connectivity index (χ4v) is 4.69. The topological polar surface area (TPSA) is 47.4 Å². The molecule has 0 aromatic carbocycles. The fourth-order valence-electron chi connectivity index (χ4n) is 4.69. The Balaban J connectivity index is 2.18. The summed E-state index contributed by atoms with van der Waals surface area (Å²) in [6.45, 7) is 16.4. The molecule has 1 aromatic rings. The molecule has 1 saturated heterocycles. The van der Waals surface area contributed by atoms with Gasteiger partial charge in [0.25, 0.3) is 0 Å². The van der Waals surface area contributed by atoms with Crippen molar-refractivity contribution in [3.05, 3.63) is 17.5 Å². The summed E-state index contributed by atoms with van der Waals surface area (Å²) < 4.78 is 7.80. The quantitative estimate of drug-likeness (QED) is 0.431. The third kappa shape index (κ3) is 6.49. The van der Waals surface area contributed by atoms with Crippen molar-refractivity contribution < 1.29 is 9.53 Å². The zero-order chi connectivity index (χ0) is 22.3. The van der Waals surface area contributed by atoms with Gasteiger partial charge in [-0.05, 0) is 70.8 Å². The van der Waals surface area contributed by atoms with Crippen LogP contribution in [0.5, 0.6) is 0 Å². The first kappa shape index (κ1) is 24.7. The van der Waals surface area contributed by atoms with E-state index in [0.29, 0.717) is 17.9 Å². The van der Waals surface area contributed by atoms with Gasteiger partial charge in [0.1, 0.15) is 5.60 Å². The van der Waals surface area contributed by atoms with Crippen LogP contribution >= 0.6 is 0 Å². The van der Waals surface area contributed by atoms with E-state index in [2.05, 4.69) is 38.6 Å². The molecule has 2 rings (SSSR count). The Morgan fingerprint density at radius 3 is 2.13 bits per heavy atom. The smallest absolute Gasteiger partial charge is 0.410 e. The molecule has 1 aliphatic heterocycles. The fraction of sp³-hybridized carbons (Fsp3) is 0.840. The van der Waals surface area contributed by atoms with Gasteiger partial charge in [-0.25, -0.2) is 4.79 Å². The van der Waals surface area contributed by atoms with Gasteiger partial charge >= 0.3 is 6.09 Å². The van der Waals surface area contributed by atoms with Crippen LogP contribution < -0.4 is 0 Å². The highest BCUT2D eigenvalue weighted by atomic mass is 16.6. The molecule has 2 atom stereocenters. The number of hydrogen-bond donors (Lipinski definition) is 0. The summed E-state index contributed by atoms with van der Waals surface area (Å²) in [7, 11) is 0. The minimum absolute atomic E-state index is 0.189. The standard InChI is InChI=1S/C25H45N3O2/c1-8-12-19(10-3)22-18-28(26-23(22)20(11-4)13-9-2)21-14-16-27(17-15-21)24(29)30-25(5,6)7/h18-21H,8-17H2,1-7H3. The van der Waals surface area contributed by atoms with Crippen LogP contribution in [0.1, 0.15) is 129 Å². The molecule has 0 N–H and O–H groups in total. The van der Waals surface area contributed by atoms with Gasteiger partial charge in [-0.1, -0.05) is 40.5 Å². The maximum atomic E-state index is 12.4. The van der Waals surface area contributed by atoms with E-state index in [-0.39, 0.29) is 6.09 Å². The maximum absolute atomic E-state index is 12.4. The zero-order valence-electron chi connectivity index (χ0n) is 20.5. The van der Waals surface area contributed by atoms with E-state index >= 15 is 0 Å². The van der Waals surface area contributed by atoms with E-state index in [9.17, 15) is 4.79 Å². The molecule has 1 amide bonds. The number of hydrogen-bond acceptors (Lipinski definition) is 3. The summed E-state index contributed by atoms with van der Waals surface area (Å²) in [5.74, 6) is 1.16. The predicted octanol–water partition coefficient (Wildman–Crippen LogP) is 7.04. The summed E-state index contributed by atoms with van der Waals surface area (Å²) >= 11 is 0. The predicted molar refractivity (Wildman–Crippen MR) is 124 cm³/mol. The number of piperidine rings is 1. The Kier molecular flexibility index (Phi) is 9.24. The van der Waals surface area contributed by atoms with Gasteiger partial charge in [-0.3, -0.25) is 4.68 Å². The molecule has 0 radical (unpaired) electrons. The van der Waals surface area contributed by atoms with Crippen molar-refractivity contribution >= 4 is 6.09 Å². The molecule has 0 bridgehead atoms. The molecule has 1 aromatic heterocycles. The first-order chi connectivity index (χ1) is 14.2. The number of carbonyl (C=O) groups is 1. The molecule has 2 unspecified atom stereocenters. The monoisotopic (exact) mass is 419 g/mol. The van der Waals surface area contributed by atoms with Crippen LogP contribution in [0.2, 0.25) is 0 Å². The van der Waals surface area contributed by atoms with E-state index in [4.69, 9.17) is 9.84 Å². The lowest BCUT2D eigenvalue weighted by Gasteiger charge is -2.33. The second-order valence-electron chi connectivity index (χ2n) is 9.94. The van der Waals surface area contributed by atoms with Crippen molar-refractivity contribution in [3.63, 3.8) is 0 Å². The van der Waals surface area contributed by atoms with Gasteiger partial charge < -0.3 is 9.64 Å². The Hall–Kier alpha value is -1.52. The molecule has 1 fully saturated rings. The molecule has 0 saturated carbocycles. The van der Waals surface area contributed by atoms with E-state index in [1.165, 1.54) is 43.4 Å². The highest BCUT2D eigenvalue weighted by Crippen LogP contribution is 2.36. The van der Waals surface area contributed by atoms with E-state index in [1.54, 1.807) is 0 Å². The van der Waals surface area contributed by atoms with Crippen LogP contribution in [0.25, 0.3) is 0 Å². The number of ether oxygens (including phenoxy) is 1. The Morgan fingerprint density at radius 2 is 1.63 bits per heavy atom. The lowest BCUT2D eigenvalue weighted by Crippen LogP contribution is -2.42. The van der Waals surface area contributed by atoms with Crippen LogP contribution in [-0.4, -0.2) is 39.5 Å². The van der Waals surface area contributed by atoms with Crippen LogP contribution in [0.4, 0.5) is 4.79 Å². The number of nitrogens with zero attached hydrogens (tertiary/aromatic N) is 3. The molecule has 0 spiro atoms. The number of aromatic nitrogens is 2. The van der Waals surface area contributed by atoms with E-state index in [0.717, 1.165) is 32.4 Å². The number of carbonyl (C=O) groups excluding carboxylic acids is 1. The third-order valence-corrected chi connectivity index (χ3v) is 6.37. The second kappa shape index (κ2) is 11.2. The van der Waals surface area contributed by atoms with Crippen molar-refractivity contribution in [2.45, 2.75) is 123 Å². The molecular weight excluding hydrogens is 374 g/mol. The van der Waals surface area contributed by atoms with Gasteiger partial charge in [0.05, 0.1) is 11.7 Å². The van der Waals surface area contributed by atoms with Crippen LogP contribution in [0, 0.1) is 0 Å². The molecule has 172 valence electrons. The summed E-state index contributed by atoms with van der Waals surface area (Å²) in [6.07, 6.45) is 11.2. The Bertz CT molecular complexity index is 622. The van der Waals surface area contributed by atoms with Crippen LogP contribution in [-0.2, 0) is 4.74 Å². The van der Waals surface area contributed by atoms with Crippen LogP contribution in [0.3, 0.4) is 0 Å². The first-order valence-corrected chi connectivity index (χ1v) is 12.3. The van der Waals surface area contributed by atoms with Gasteiger partial charge in [0, 0.05) is 25.2 Å². The molecule has 0 aliphatic carbocycles. The maximum Gasteiger partial charge on any atom is 0.410 e. The Morgan fingerprint density at radius 1 is 1.07 bits per heavy atom. The molecule has 1 aliphatic rings. The molecule has 2 heterocycles. The van der Waals surface area contributed by atoms with Gasteiger partial charge in [0.15, 0.2) is 0 Å². The summed E-state index contributed by atoms with van der Waals surface area (Å²) in [5.41, 5.74) is 2.38. The lowest BCUT2D eigenvalue weighted by molar-refractivity contribution is 0.0184. The molecule has 5 nitrogen and oxygen atoms in total. The highest BCUT2D eigenvalue weighted by Gasteiger charge is 2.30. The van der Waals surface area contributed by atoms with Crippen molar-refractivity contribution in [3.8, 4) is 0 Å². The number of likely N-dealkylation sites (tertiary alicyclic amines) is 1. The zero-order valence-corrected chi connectivity index (χ0v) is 20.5. The summed E-state index contributed by atoms with van der Waals surface area (Å²) in [5, 5.41) is 5.19. The normalized spacial score (nSPS) is 17.8. The van der Waals surface area contributed by atoms with Gasteiger partial charge in [-0.15, -0.1) is 0 Å². The van der Waals surface area contributed by atoms with E-state index in [1.807, 2.05) is 25.7 Å². The first-order valence-electron chi connectivity index (χ1n) is 12.3. The molecule has 5 heteroatoms. The van der Waals surface area contributed by atoms with E-state index < -0.39 is 5.60 Å². The molecular formula is C25H45N3O2. The number of amides is 1. The SMILES string of the molecule is CCCC(CC)c1cn(C2CCN(C(=O)OC(C)(C)C)CC2)nc1C(CC)CCC. The van der Waals surface area contributed by atoms with Crippen molar-refractivity contribution in [1.82, 2.24) is 14.7 Å². The summed E-state index contributed by atoms with van der Waals surface area (Å²) in [4.78, 5) is 14.2. The minimum Gasteiger partial charge on any atom is -0.444 e. The Labute approximate surface area is 184 Å². The average molecular weight is 420 g/mol. The van der Waals surface area contributed by atoms with Crippen molar-refractivity contribution in [1.29, 1.82) is 0 Å².